The molecule has 61 heavy (non-hydrogen) atoms. The quantitative estimate of drug-likeness (QED) is 0.0976. The number of carbonyl (C=O) groups excluding carboxylic acids is 6. The van der Waals surface area contributed by atoms with Crippen molar-refractivity contribution in [1.29, 1.82) is 0 Å². The van der Waals surface area contributed by atoms with Crippen molar-refractivity contribution in [2.75, 3.05) is 13.2 Å². The Labute approximate surface area is 355 Å². The van der Waals surface area contributed by atoms with Crippen molar-refractivity contribution in [2.45, 2.75) is 128 Å². The number of ketones is 1. The Balaban J connectivity index is 1.41. The third-order valence-corrected chi connectivity index (χ3v) is 13.4. The van der Waals surface area contributed by atoms with E-state index in [0.29, 0.717) is 18.4 Å². The van der Waals surface area contributed by atoms with Gasteiger partial charge in [0, 0.05) is 44.1 Å². The Kier molecular flexibility index (Phi) is 14.2. The molecule has 1 unspecified atom stereocenters. The highest BCUT2D eigenvalue weighted by Crippen LogP contribution is 2.56. The zero-order valence-electron chi connectivity index (χ0n) is 35.2. The second-order valence-corrected chi connectivity index (χ2v) is 17.1. The highest BCUT2D eigenvalue weighted by atomic mass is 16.6. The van der Waals surface area contributed by atoms with Crippen molar-refractivity contribution in [3.63, 3.8) is 0 Å². The molecule has 3 saturated carbocycles. The third kappa shape index (κ3) is 9.44. The Morgan fingerprint density at radius 3 is 2.10 bits per heavy atom. The third-order valence-electron chi connectivity index (χ3n) is 13.4. The van der Waals surface area contributed by atoms with E-state index in [-0.39, 0.29) is 48.7 Å². The first-order valence-corrected chi connectivity index (χ1v) is 21.0. The molecule has 330 valence electrons. The molecule has 0 radical (unpaired) electrons. The van der Waals surface area contributed by atoms with E-state index in [2.05, 4.69) is 5.32 Å². The van der Waals surface area contributed by atoms with Gasteiger partial charge in [-0.1, -0.05) is 56.2 Å². The lowest BCUT2D eigenvalue weighted by Crippen LogP contribution is -2.69. The van der Waals surface area contributed by atoms with Crippen molar-refractivity contribution >= 4 is 35.6 Å². The van der Waals surface area contributed by atoms with E-state index in [1.165, 1.54) is 26.0 Å². The number of Topliss-reactive ketones (excluding diaryl/α,β-unsaturated/α-hetero) is 1. The average Bonchev–Trinajstić information content (AvgIpc) is 3.78. The summed E-state index contributed by atoms with van der Waals surface area (Å²) >= 11 is 0. The minimum Gasteiger partial charge on any atom is -0.463 e. The fourth-order valence-electron chi connectivity index (χ4n) is 9.99. The molecule has 15 nitrogen and oxygen atoms in total. The van der Waals surface area contributed by atoms with Crippen LogP contribution >= 0.6 is 0 Å². The minimum atomic E-state index is -2.16. The first kappa shape index (κ1) is 45.6. The highest BCUT2D eigenvalue weighted by molar-refractivity contribution is 5.96. The maximum Gasteiger partial charge on any atom is 0.338 e. The molecule has 0 saturated heterocycles. The number of hydrogen-bond donors (Lipinski definition) is 4. The molecule has 4 N–H and O–H groups in total. The van der Waals surface area contributed by atoms with Gasteiger partial charge in [-0.15, -0.1) is 0 Å². The van der Waals surface area contributed by atoms with Crippen LogP contribution in [0.15, 0.2) is 71.8 Å². The van der Waals surface area contributed by atoms with Crippen LogP contribution in [-0.4, -0.2) is 112 Å². The second kappa shape index (κ2) is 19.0. The number of hydrogen-bond acceptors (Lipinski definition) is 14. The molecule has 15 heteroatoms. The second-order valence-electron chi connectivity index (χ2n) is 17.1. The van der Waals surface area contributed by atoms with Crippen LogP contribution in [0, 0.1) is 23.2 Å². The topological polar surface area (TPSA) is 221 Å². The summed E-state index contributed by atoms with van der Waals surface area (Å²) in [6, 6.07) is 15.4. The van der Waals surface area contributed by atoms with Gasteiger partial charge in [0.25, 0.3) is 5.91 Å². The van der Waals surface area contributed by atoms with Crippen LogP contribution in [0.3, 0.4) is 0 Å². The maximum absolute atomic E-state index is 15.2. The number of benzene rings is 2. The molecule has 2 aromatic carbocycles. The van der Waals surface area contributed by atoms with Crippen LogP contribution in [-0.2, 0) is 42.9 Å². The molecule has 0 heterocycles. The monoisotopic (exact) mass is 847 g/mol. The number of aliphatic hydroxyl groups excluding tert-OH is 2. The largest absolute Gasteiger partial charge is 0.463 e. The average molecular weight is 848 g/mol. The number of esters is 4. The lowest BCUT2D eigenvalue weighted by Gasteiger charge is -2.58. The van der Waals surface area contributed by atoms with Crippen LogP contribution in [0.4, 0.5) is 0 Å². The standard InChI is InChI=1S/C46H57NO14/c1-25-34(60-44(55)38(51)37(29-14-12-13-15-29)47-42(53)30-16-8-6-9-17-30)24-46(56)26(2)36(25)39(59-28(4)49)40(52)45(5)33(41(46)61-43(54)31-18-10-7-11-19-31)22-32(23-35(45)50)58-21-20-57-27(3)48/h6-11,16-19,26,29,32-35,37-39,41,50-51,56H,12-15,20-24H2,1-5H3,(H,47,53)/t26-,32+,33+,34+,35+,37?,38-,39-,41+,45+,46+/m1/s1. The smallest absolute Gasteiger partial charge is 0.338 e. The summed E-state index contributed by atoms with van der Waals surface area (Å²) in [5.41, 5.74) is -3.13. The van der Waals surface area contributed by atoms with Gasteiger partial charge in [-0.3, -0.25) is 19.2 Å². The predicted molar refractivity (Wildman–Crippen MR) is 216 cm³/mol. The molecule has 3 fully saturated rings. The van der Waals surface area contributed by atoms with Gasteiger partial charge in [0.15, 0.2) is 18.0 Å². The van der Waals surface area contributed by atoms with Gasteiger partial charge in [-0.2, -0.15) is 0 Å². The Bertz CT molecular complexity index is 1980. The number of aliphatic hydroxyl groups is 3. The van der Waals surface area contributed by atoms with E-state index in [0.717, 1.165) is 19.8 Å². The summed E-state index contributed by atoms with van der Waals surface area (Å²) in [4.78, 5) is 81.0. The van der Waals surface area contributed by atoms with Crippen LogP contribution in [0.25, 0.3) is 0 Å². The normalized spacial score (nSPS) is 31.1. The first-order chi connectivity index (χ1) is 29.0. The SMILES string of the molecule is CC(=O)OCCO[C@@H]1C[C@H](O)[C@@]2(C)C(=O)[C@H](OC(C)=O)C3=C(C)[C@@H](OC(=O)[C@H](O)C(NC(=O)c4ccccc4)C4CCCC4)C[C@](O)([C@@H]3C)[C@@H](OC(=O)c3ccccc3)[C@@H]2C1. The van der Waals surface area contributed by atoms with Gasteiger partial charge < -0.3 is 44.3 Å². The van der Waals surface area contributed by atoms with Gasteiger partial charge >= 0.3 is 23.9 Å². The van der Waals surface area contributed by atoms with E-state index >= 15 is 4.79 Å². The summed E-state index contributed by atoms with van der Waals surface area (Å²) in [5, 5.41) is 39.8. The van der Waals surface area contributed by atoms with Crippen LogP contribution in [0.1, 0.15) is 100 Å². The van der Waals surface area contributed by atoms with Gasteiger partial charge in [0.05, 0.1) is 35.8 Å². The zero-order chi connectivity index (χ0) is 44.2. The zero-order valence-corrected chi connectivity index (χ0v) is 35.2. The molecular formula is C46H57NO14. The molecule has 1 amide bonds. The molecule has 0 spiro atoms. The van der Waals surface area contributed by atoms with E-state index < -0.39 is 108 Å². The number of amides is 1. The number of ether oxygens (including phenoxy) is 5. The predicted octanol–water partition coefficient (Wildman–Crippen LogP) is 3.80. The molecule has 6 rings (SSSR count). The molecular weight excluding hydrogens is 790 g/mol. The molecule has 2 aromatic rings. The molecule has 4 aliphatic rings. The van der Waals surface area contributed by atoms with E-state index in [1.807, 2.05) is 0 Å². The van der Waals surface area contributed by atoms with Gasteiger partial charge in [0.2, 0.25) is 0 Å². The van der Waals surface area contributed by atoms with Gasteiger partial charge in [-0.05, 0) is 74.4 Å². The van der Waals surface area contributed by atoms with Gasteiger partial charge in [0.1, 0.15) is 24.4 Å². The van der Waals surface area contributed by atoms with Crippen molar-refractivity contribution in [1.82, 2.24) is 5.32 Å². The van der Waals surface area contributed by atoms with Crippen LogP contribution < -0.4 is 5.32 Å². The first-order valence-electron chi connectivity index (χ1n) is 21.0. The number of rotatable bonds is 13. The molecule has 2 bridgehead atoms. The van der Waals surface area contributed by atoms with Crippen LogP contribution in [0.5, 0.6) is 0 Å². The summed E-state index contributed by atoms with van der Waals surface area (Å²) in [7, 11) is 0. The lowest BCUT2D eigenvalue weighted by atomic mass is 9.52. The maximum atomic E-state index is 15.2. The Hall–Kier alpha value is -4.96. The van der Waals surface area contributed by atoms with E-state index in [4.69, 9.17) is 23.7 Å². The van der Waals surface area contributed by atoms with Crippen molar-refractivity contribution in [3.8, 4) is 0 Å². The summed E-state index contributed by atoms with van der Waals surface area (Å²) in [6.45, 7) is 6.89. The number of fused-ring (bicyclic) bond motifs is 3. The fraction of sp³-hybridized carbons (Fsp3) is 0.565. The van der Waals surface area contributed by atoms with Gasteiger partial charge in [-0.25, -0.2) is 9.59 Å². The van der Waals surface area contributed by atoms with Crippen LogP contribution in [0.2, 0.25) is 0 Å². The van der Waals surface area contributed by atoms with Crippen molar-refractivity contribution < 1.29 is 67.8 Å². The summed E-state index contributed by atoms with van der Waals surface area (Å²) < 4.78 is 29.3. The number of carbonyl (C=O) groups is 6. The molecule has 0 aromatic heterocycles. The highest BCUT2D eigenvalue weighted by Gasteiger charge is 2.67. The Morgan fingerprint density at radius 2 is 1.49 bits per heavy atom. The van der Waals surface area contributed by atoms with E-state index in [9.17, 15) is 39.3 Å². The summed E-state index contributed by atoms with van der Waals surface area (Å²) in [5.74, 6) is -6.99. The molecule has 11 atom stereocenters. The fourth-order valence-corrected chi connectivity index (χ4v) is 9.99. The lowest BCUT2D eigenvalue weighted by molar-refractivity contribution is -0.217. The molecule has 0 aliphatic heterocycles. The van der Waals surface area contributed by atoms with Crippen molar-refractivity contribution in [3.05, 3.63) is 82.9 Å². The Morgan fingerprint density at radius 1 is 0.869 bits per heavy atom. The minimum absolute atomic E-state index is 0.0424. The molecule has 4 aliphatic carbocycles. The summed E-state index contributed by atoms with van der Waals surface area (Å²) in [6.07, 6.45) is -6.22. The van der Waals surface area contributed by atoms with E-state index in [1.54, 1.807) is 62.4 Å². The number of nitrogens with one attached hydrogen (secondary N) is 1. The van der Waals surface area contributed by atoms with Crippen molar-refractivity contribution in [2.24, 2.45) is 23.2 Å².